The summed E-state index contributed by atoms with van der Waals surface area (Å²) < 4.78 is 5.62. The van der Waals surface area contributed by atoms with Crippen LogP contribution in [0.5, 0.6) is 0 Å². The predicted molar refractivity (Wildman–Crippen MR) is 149 cm³/mol. The van der Waals surface area contributed by atoms with Gasteiger partial charge in [0.1, 0.15) is 0 Å². The Labute approximate surface area is 209 Å². The molecule has 4 nitrogen and oxygen atoms in total. The molecule has 0 bridgehead atoms. The van der Waals surface area contributed by atoms with Gasteiger partial charge in [-0.05, 0) is 52.4 Å². The molecule has 1 aliphatic rings. The number of benzene rings is 4. The molecule has 0 unspecified atom stereocenters. The van der Waals surface area contributed by atoms with E-state index in [-0.39, 0.29) is 5.92 Å². The van der Waals surface area contributed by atoms with Crippen LogP contribution in [0.1, 0.15) is 22.6 Å². The van der Waals surface area contributed by atoms with Crippen LogP contribution in [-0.2, 0) is 4.74 Å². The van der Waals surface area contributed by atoms with Crippen LogP contribution in [0.3, 0.4) is 0 Å². The molecule has 0 amide bonds. The average molecular weight is 466 g/mol. The minimum atomic E-state index is 0.145. The summed E-state index contributed by atoms with van der Waals surface area (Å²) >= 11 is 0. The molecule has 4 heteroatoms. The highest BCUT2D eigenvalue weighted by Gasteiger charge is 2.22. The number of nitrogens with zero attached hydrogens (tertiary/aromatic N) is 3. The van der Waals surface area contributed by atoms with Gasteiger partial charge in [-0.2, -0.15) is 0 Å². The normalized spacial score (nSPS) is 13.9. The van der Waals surface area contributed by atoms with Gasteiger partial charge in [-0.1, -0.05) is 54.6 Å². The zero-order chi connectivity index (χ0) is 24.4. The predicted octanol–water partition coefficient (Wildman–Crippen LogP) is 5.99. The first kappa shape index (κ1) is 23.3. The van der Waals surface area contributed by atoms with E-state index in [1.54, 1.807) is 0 Å². The van der Waals surface area contributed by atoms with Crippen LogP contribution in [0.15, 0.2) is 84.9 Å². The lowest BCUT2D eigenvalue weighted by Crippen LogP contribution is -2.36. The van der Waals surface area contributed by atoms with E-state index >= 15 is 0 Å². The summed E-state index contributed by atoms with van der Waals surface area (Å²) in [5, 5.41) is 2.63. The van der Waals surface area contributed by atoms with Crippen LogP contribution < -0.4 is 14.7 Å². The standard InChI is InChI=1S/C31H35N3O/c1-32(2)25-13-9-23(10-14-25)31(24-11-15-26(16-12-24)33(3)4)29-17-18-30(34-19-21-35-22-20-34)28-8-6-5-7-27(28)29/h5-18,31H,19-22H2,1-4H3. The lowest BCUT2D eigenvalue weighted by Gasteiger charge is -2.31. The first-order chi connectivity index (χ1) is 17.0. The second-order valence-corrected chi connectivity index (χ2v) is 9.72. The van der Waals surface area contributed by atoms with Crippen molar-refractivity contribution in [3.05, 3.63) is 102 Å². The fourth-order valence-corrected chi connectivity index (χ4v) is 5.12. The fourth-order valence-electron chi connectivity index (χ4n) is 5.12. The Morgan fingerprint density at radius 3 is 1.66 bits per heavy atom. The van der Waals surface area contributed by atoms with Crippen LogP contribution in [0.25, 0.3) is 10.8 Å². The zero-order valence-corrected chi connectivity index (χ0v) is 21.2. The monoisotopic (exact) mass is 465 g/mol. The van der Waals surface area contributed by atoms with E-state index in [4.69, 9.17) is 4.74 Å². The van der Waals surface area contributed by atoms with Crippen LogP contribution in [0, 0.1) is 0 Å². The summed E-state index contributed by atoms with van der Waals surface area (Å²) in [7, 11) is 8.35. The Hall–Kier alpha value is -3.50. The quantitative estimate of drug-likeness (QED) is 0.326. The number of ether oxygens (including phenoxy) is 1. The Kier molecular flexibility index (Phi) is 6.65. The Morgan fingerprint density at radius 1 is 0.629 bits per heavy atom. The maximum absolute atomic E-state index is 5.62. The molecule has 0 radical (unpaired) electrons. The third-order valence-corrected chi connectivity index (χ3v) is 7.08. The molecule has 0 saturated carbocycles. The van der Waals surface area contributed by atoms with E-state index in [1.165, 1.54) is 44.5 Å². The van der Waals surface area contributed by atoms with Crippen LogP contribution in [0.4, 0.5) is 17.1 Å². The maximum Gasteiger partial charge on any atom is 0.0642 e. The number of hydrogen-bond acceptors (Lipinski definition) is 4. The zero-order valence-electron chi connectivity index (χ0n) is 21.2. The summed E-state index contributed by atoms with van der Waals surface area (Å²) in [4.78, 5) is 6.76. The van der Waals surface area contributed by atoms with Crippen molar-refractivity contribution in [2.75, 3.05) is 69.2 Å². The lowest BCUT2D eigenvalue weighted by molar-refractivity contribution is 0.123. The molecule has 0 aliphatic carbocycles. The molecule has 0 atom stereocenters. The van der Waals surface area contributed by atoms with Gasteiger partial charge in [-0.15, -0.1) is 0 Å². The lowest BCUT2D eigenvalue weighted by atomic mass is 9.82. The topological polar surface area (TPSA) is 19.0 Å². The number of fused-ring (bicyclic) bond motifs is 1. The van der Waals surface area contributed by atoms with Crippen LogP contribution >= 0.6 is 0 Å². The van der Waals surface area contributed by atoms with Crippen molar-refractivity contribution in [3.63, 3.8) is 0 Å². The van der Waals surface area contributed by atoms with Crippen LogP contribution in [-0.4, -0.2) is 54.5 Å². The Morgan fingerprint density at radius 2 is 1.14 bits per heavy atom. The molecule has 1 aliphatic heterocycles. The van der Waals surface area contributed by atoms with Crippen molar-refractivity contribution in [1.82, 2.24) is 0 Å². The number of hydrogen-bond donors (Lipinski definition) is 0. The van der Waals surface area contributed by atoms with E-state index in [2.05, 4.69) is 128 Å². The number of anilines is 3. The van der Waals surface area contributed by atoms with Crippen LogP contribution in [0.2, 0.25) is 0 Å². The third kappa shape index (κ3) is 4.71. The van der Waals surface area contributed by atoms with Gasteiger partial charge in [0.25, 0.3) is 0 Å². The molecule has 180 valence electrons. The fraction of sp³-hybridized carbons (Fsp3) is 0.290. The third-order valence-electron chi connectivity index (χ3n) is 7.08. The molecule has 0 aromatic heterocycles. The SMILES string of the molecule is CN(C)c1ccc(C(c2ccc(N(C)C)cc2)c2ccc(N3CCOCC3)c3ccccc23)cc1. The van der Waals surface area contributed by atoms with Crippen molar-refractivity contribution in [2.45, 2.75) is 5.92 Å². The Balaban J connectivity index is 1.66. The van der Waals surface area contributed by atoms with Gasteiger partial charge in [0.05, 0.1) is 13.2 Å². The molecule has 4 aromatic carbocycles. The molecule has 35 heavy (non-hydrogen) atoms. The molecule has 1 fully saturated rings. The van der Waals surface area contributed by atoms with Gasteiger partial charge >= 0.3 is 0 Å². The second kappa shape index (κ2) is 10.0. The van der Waals surface area contributed by atoms with Gasteiger partial charge in [0.15, 0.2) is 0 Å². The van der Waals surface area contributed by atoms with E-state index < -0.39 is 0 Å². The van der Waals surface area contributed by atoms with Crippen molar-refractivity contribution in [3.8, 4) is 0 Å². The van der Waals surface area contributed by atoms with E-state index in [0.717, 1.165) is 26.3 Å². The molecular formula is C31H35N3O. The maximum atomic E-state index is 5.62. The van der Waals surface area contributed by atoms with Gasteiger partial charge in [-0.3, -0.25) is 0 Å². The first-order valence-corrected chi connectivity index (χ1v) is 12.4. The molecule has 5 rings (SSSR count). The highest BCUT2D eigenvalue weighted by atomic mass is 16.5. The molecule has 4 aromatic rings. The highest BCUT2D eigenvalue weighted by molar-refractivity contribution is 5.97. The van der Waals surface area contributed by atoms with Gasteiger partial charge in [-0.25, -0.2) is 0 Å². The first-order valence-electron chi connectivity index (χ1n) is 12.4. The summed E-state index contributed by atoms with van der Waals surface area (Å²) in [6.07, 6.45) is 0. The van der Waals surface area contributed by atoms with Gasteiger partial charge in [0, 0.05) is 69.6 Å². The minimum absolute atomic E-state index is 0.145. The summed E-state index contributed by atoms with van der Waals surface area (Å²) in [6, 6.07) is 31.6. The number of rotatable bonds is 6. The van der Waals surface area contributed by atoms with E-state index in [9.17, 15) is 0 Å². The molecular weight excluding hydrogens is 430 g/mol. The molecule has 1 saturated heterocycles. The average Bonchev–Trinajstić information content (AvgIpc) is 2.90. The van der Waals surface area contributed by atoms with Gasteiger partial charge < -0.3 is 19.4 Å². The summed E-state index contributed by atoms with van der Waals surface area (Å²) in [5.74, 6) is 0.145. The molecule has 1 heterocycles. The minimum Gasteiger partial charge on any atom is -0.378 e. The molecule has 0 spiro atoms. The Bertz CT molecular complexity index is 1220. The van der Waals surface area contributed by atoms with E-state index in [1.807, 2.05) is 0 Å². The van der Waals surface area contributed by atoms with Crippen molar-refractivity contribution in [2.24, 2.45) is 0 Å². The summed E-state index contributed by atoms with van der Waals surface area (Å²) in [5.41, 5.74) is 7.67. The highest BCUT2D eigenvalue weighted by Crippen LogP contribution is 2.40. The largest absolute Gasteiger partial charge is 0.378 e. The second-order valence-electron chi connectivity index (χ2n) is 9.72. The van der Waals surface area contributed by atoms with Crippen molar-refractivity contribution < 1.29 is 4.74 Å². The van der Waals surface area contributed by atoms with Crippen molar-refractivity contribution >= 4 is 27.8 Å². The van der Waals surface area contributed by atoms with Gasteiger partial charge in [0.2, 0.25) is 0 Å². The number of morpholine rings is 1. The van der Waals surface area contributed by atoms with Crippen molar-refractivity contribution in [1.29, 1.82) is 0 Å². The summed E-state index contributed by atoms with van der Waals surface area (Å²) in [6.45, 7) is 3.44. The smallest absolute Gasteiger partial charge is 0.0642 e. The molecule has 0 N–H and O–H groups in total. The van der Waals surface area contributed by atoms with E-state index in [0.29, 0.717) is 0 Å².